The summed E-state index contributed by atoms with van der Waals surface area (Å²) in [5.41, 5.74) is 0.618. The van der Waals surface area contributed by atoms with E-state index < -0.39 is 0 Å². The number of carbonyl (C=O) groups is 1. The highest BCUT2D eigenvalue weighted by Crippen LogP contribution is 2.36. The average molecular weight is 410 g/mol. The standard InChI is InChI=1S/C24H31N3O3/c1-17(2)27-16-21(30-20-7-5-4-6-8-20)23(27)18-11-13-26(14-12-18)24(28)19-9-10-22(29-3)25-15-19/h4-10,15,17-18,21,23H,11-14,16H2,1-3H3. The monoisotopic (exact) mass is 409 g/mol. The first-order valence-electron chi connectivity index (χ1n) is 10.8. The van der Waals surface area contributed by atoms with E-state index in [1.807, 2.05) is 35.2 Å². The van der Waals surface area contributed by atoms with Crippen LogP contribution in [0.4, 0.5) is 0 Å². The fourth-order valence-corrected chi connectivity index (χ4v) is 4.68. The normalized spacial score (nSPS) is 22.6. The summed E-state index contributed by atoms with van der Waals surface area (Å²) < 4.78 is 11.4. The summed E-state index contributed by atoms with van der Waals surface area (Å²) in [5.74, 6) is 2.05. The van der Waals surface area contributed by atoms with Gasteiger partial charge in [-0.05, 0) is 50.8 Å². The molecule has 1 aromatic heterocycles. The highest BCUT2D eigenvalue weighted by molar-refractivity contribution is 5.94. The number of carbonyl (C=O) groups excluding carboxylic acids is 1. The van der Waals surface area contributed by atoms with Crippen molar-refractivity contribution in [2.45, 2.75) is 44.9 Å². The summed E-state index contributed by atoms with van der Waals surface area (Å²) in [6.07, 6.45) is 3.81. The second-order valence-electron chi connectivity index (χ2n) is 8.47. The molecule has 30 heavy (non-hydrogen) atoms. The van der Waals surface area contributed by atoms with Crippen LogP contribution in [0.1, 0.15) is 37.0 Å². The van der Waals surface area contributed by atoms with E-state index in [9.17, 15) is 4.79 Å². The topological polar surface area (TPSA) is 54.9 Å². The molecule has 0 N–H and O–H groups in total. The number of rotatable bonds is 6. The largest absolute Gasteiger partial charge is 0.487 e. The van der Waals surface area contributed by atoms with Gasteiger partial charge in [-0.1, -0.05) is 18.2 Å². The molecule has 2 fully saturated rings. The fraction of sp³-hybridized carbons (Fsp3) is 0.500. The fourth-order valence-electron chi connectivity index (χ4n) is 4.68. The van der Waals surface area contributed by atoms with E-state index in [1.165, 1.54) is 0 Å². The van der Waals surface area contributed by atoms with Crippen LogP contribution in [0.5, 0.6) is 11.6 Å². The molecule has 2 aliphatic heterocycles. The molecule has 2 atom stereocenters. The zero-order valence-electron chi connectivity index (χ0n) is 18.0. The predicted octanol–water partition coefficient (Wildman–Crippen LogP) is 3.48. The van der Waals surface area contributed by atoms with E-state index in [4.69, 9.17) is 9.47 Å². The molecular weight excluding hydrogens is 378 g/mol. The molecule has 6 heteroatoms. The van der Waals surface area contributed by atoms with Gasteiger partial charge in [0.1, 0.15) is 11.9 Å². The maximum Gasteiger partial charge on any atom is 0.255 e. The summed E-state index contributed by atoms with van der Waals surface area (Å²) >= 11 is 0. The van der Waals surface area contributed by atoms with Crippen LogP contribution >= 0.6 is 0 Å². The Morgan fingerprint density at radius 3 is 2.43 bits per heavy atom. The van der Waals surface area contributed by atoms with Gasteiger partial charge in [0.25, 0.3) is 5.91 Å². The van der Waals surface area contributed by atoms with Crippen molar-refractivity contribution in [1.29, 1.82) is 0 Å². The van der Waals surface area contributed by atoms with Crippen molar-refractivity contribution < 1.29 is 14.3 Å². The Bertz CT molecular complexity index is 833. The van der Waals surface area contributed by atoms with E-state index >= 15 is 0 Å². The van der Waals surface area contributed by atoms with Crippen LogP contribution in [0.3, 0.4) is 0 Å². The van der Waals surface area contributed by atoms with Gasteiger partial charge >= 0.3 is 0 Å². The molecule has 0 radical (unpaired) electrons. The Kier molecular flexibility index (Phi) is 6.23. The number of benzene rings is 1. The lowest BCUT2D eigenvalue weighted by Gasteiger charge is -2.54. The number of para-hydroxylation sites is 1. The quantitative estimate of drug-likeness (QED) is 0.731. The molecule has 0 saturated carbocycles. The molecule has 0 aliphatic carbocycles. The minimum absolute atomic E-state index is 0.0509. The van der Waals surface area contributed by atoms with Gasteiger partial charge in [-0.2, -0.15) is 0 Å². The molecule has 3 heterocycles. The van der Waals surface area contributed by atoms with Crippen molar-refractivity contribution >= 4 is 5.91 Å². The lowest BCUT2D eigenvalue weighted by Crippen LogP contribution is -2.68. The van der Waals surface area contributed by atoms with Crippen molar-refractivity contribution in [2.75, 3.05) is 26.7 Å². The third kappa shape index (κ3) is 4.29. The molecular formula is C24H31N3O3. The van der Waals surface area contributed by atoms with Gasteiger partial charge < -0.3 is 14.4 Å². The third-order valence-corrected chi connectivity index (χ3v) is 6.35. The summed E-state index contributed by atoms with van der Waals surface area (Å²) in [6, 6.07) is 14.5. The zero-order valence-corrected chi connectivity index (χ0v) is 18.0. The van der Waals surface area contributed by atoms with Crippen LogP contribution in [-0.4, -0.2) is 65.6 Å². The number of hydrogen-bond donors (Lipinski definition) is 0. The number of methoxy groups -OCH3 is 1. The van der Waals surface area contributed by atoms with E-state index in [1.54, 1.807) is 25.4 Å². The smallest absolute Gasteiger partial charge is 0.255 e. The average Bonchev–Trinajstić information content (AvgIpc) is 2.77. The Balaban J connectivity index is 1.37. The van der Waals surface area contributed by atoms with Crippen molar-refractivity contribution in [2.24, 2.45) is 5.92 Å². The lowest BCUT2D eigenvalue weighted by molar-refractivity contribution is -0.0983. The van der Waals surface area contributed by atoms with Crippen molar-refractivity contribution in [3.63, 3.8) is 0 Å². The molecule has 0 spiro atoms. The molecule has 0 bridgehead atoms. The molecule has 2 unspecified atom stereocenters. The number of hydrogen-bond acceptors (Lipinski definition) is 5. The Morgan fingerprint density at radius 2 is 1.83 bits per heavy atom. The van der Waals surface area contributed by atoms with E-state index in [-0.39, 0.29) is 12.0 Å². The van der Waals surface area contributed by atoms with Crippen LogP contribution in [-0.2, 0) is 0 Å². The summed E-state index contributed by atoms with van der Waals surface area (Å²) in [5, 5.41) is 0. The molecule has 1 aromatic carbocycles. The highest BCUT2D eigenvalue weighted by Gasteiger charge is 2.47. The van der Waals surface area contributed by atoms with Crippen LogP contribution in [0.2, 0.25) is 0 Å². The minimum atomic E-state index is 0.0509. The minimum Gasteiger partial charge on any atom is -0.487 e. The van der Waals surface area contributed by atoms with E-state index in [0.29, 0.717) is 29.4 Å². The molecule has 2 saturated heterocycles. The van der Waals surface area contributed by atoms with Crippen LogP contribution in [0.15, 0.2) is 48.7 Å². The number of likely N-dealkylation sites (tertiary alicyclic amines) is 2. The number of nitrogens with zero attached hydrogens (tertiary/aromatic N) is 3. The highest BCUT2D eigenvalue weighted by atomic mass is 16.5. The van der Waals surface area contributed by atoms with Gasteiger partial charge in [0.05, 0.1) is 18.7 Å². The maximum absolute atomic E-state index is 12.8. The summed E-state index contributed by atoms with van der Waals surface area (Å²) in [7, 11) is 1.57. The van der Waals surface area contributed by atoms with Crippen LogP contribution < -0.4 is 9.47 Å². The molecule has 2 aliphatic rings. The SMILES string of the molecule is COc1ccc(C(=O)N2CCC(C3C(Oc4ccccc4)CN3C(C)C)CC2)cn1. The second-order valence-corrected chi connectivity index (χ2v) is 8.47. The Labute approximate surface area is 178 Å². The number of pyridine rings is 1. The number of ether oxygens (including phenoxy) is 2. The van der Waals surface area contributed by atoms with E-state index in [0.717, 1.165) is 38.2 Å². The van der Waals surface area contributed by atoms with Gasteiger partial charge in [-0.3, -0.25) is 9.69 Å². The molecule has 2 aromatic rings. The molecule has 6 nitrogen and oxygen atoms in total. The molecule has 4 rings (SSSR count). The third-order valence-electron chi connectivity index (χ3n) is 6.35. The Hall–Kier alpha value is -2.60. The number of amides is 1. The number of piperidine rings is 1. The first-order valence-corrected chi connectivity index (χ1v) is 10.8. The first-order chi connectivity index (χ1) is 14.6. The predicted molar refractivity (Wildman–Crippen MR) is 116 cm³/mol. The van der Waals surface area contributed by atoms with Crippen LogP contribution in [0.25, 0.3) is 0 Å². The maximum atomic E-state index is 12.8. The summed E-state index contributed by atoms with van der Waals surface area (Å²) in [4.78, 5) is 21.5. The van der Waals surface area contributed by atoms with Crippen molar-refractivity contribution in [1.82, 2.24) is 14.8 Å². The lowest BCUT2D eigenvalue weighted by atomic mass is 9.79. The van der Waals surface area contributed by atoms with Crippen molar-refractivity contribution in [3.8, 4) is 11.6 Å². The van der Waals surface area contributed by atoms with Crippen molar-refractivity contribution in [3.05, 3.63) is 54.2 Å². The van der Waals surface area contributed by atoms with Gasteiger partial charge in [0.15, 0.2) is 0 Å². The zero-order chi connectivity index (χ0) is 21.1. The van der Waals surface area contributed by atoms with Gasteiger partial charge in [-0.25, -0.2) is 4.98 Å². The first kappa shape index (κ1) is 20.7. The Morgan fingerprint density at radius 1 is 1.10 bits per heavy atom. The van der Waals surface area contributed by atoms with Crippen LogP contribution in [0, 0.1) is 5.92 Å². The summed E-state index contributed by atoms with van der Waals surface area (Å²) in [6.45, 7) is 7.02. The number of aromatic nitrogens is 1. The van der Waals surface area contributed by atoms with Gasteiger partial charge in [0, 0.05) is 37.9 Å². The van der Waals surface area contributed by atoms with Gasteiger partial charge in [0.2, 0.25) is 5.88 Å². The molecule has 160 valence electrons. The second kappa shape index (κ2) is 9.04. The van der Waals surface area contributed by atoms with E-state index in [2.05, 4.69) is 23.7 Å². The molecule has 1 amide bonds. The van der Waals surface area contributed by atoms with Gasteiger partial charge in [-0.15, -0.1) is 0 Å².